The molecule has 0 bridgehead atoms. The number of aliphatic hydroxyl groups is 1. The third-order valence-corrected chi connectivity index (χ3v) is 8.47. The van der Waals surface area contributed by atoms with E-state index in [1.807, 2.05) is 6.07 Å². The van der Waals surface area contributed by atoms with Gasteiger partial charge in [-0.25, -0.2) is 4.98 Å². The van der Waals surface area contributed by atoms with E-state index in [0.717, 1.165) is 24.0 Å². The molecule has 1 amide bonds. The lowest BCUT2D eigenvalue weighted by molar-refractivity contribution is -0.137. The van der Waals surface area contributed by atoms with E-state index in [1.54, 1.807) is 13.1 Å². The lowest BCUT2D eigenvalue weighted by atomic mass is 9.80. The molecule has 1 aromatic heterocycles. The van der Waals surface area contributed by atoms with Crippen LogP contribution < -0.4 is 15.4 Å². The molecule has 230 valence electrons. The average molecular weight is 622 g/mol. The number of halogens is 3. The van der Waals surface area contributed by atoms with Crippen molar-refractivity contribution < 1.29 is 42.2 Å². The summed E-state index contributed by atoms with van der Waals surface area (Å²) in [5.41, 5.74) is 1.58. The first kappa shape index (κ1) is 30.7. The van der Waals surface area contributed by atoms with Crippen LogP contribution in [0.1, 0.15) is 64.2 Å². The summed E-state index contributed by atoms with van der Waals surface area (Å²) in [6.07, 6.45) is -2.26. The third-order valence-electron chi connectivity index (χ3n) is 7.69. The number of methoxy groups -OCH3 is 1. The van der Waals surface area contributed by atoms with Gasteiger partial charge in [0.05, 0.1) is 36.3 Å². The minimum atomic E-state index is -4.81. The lowest BCUT2D eigenvalue weighted by Gasteiger charge is -2.27. The topological polar surface area (TPSA) is 157 Å². The minimum Gasteiger partial charge on any atom is -0.495 e. The fraction of sp³-hybridized carbons (Fsp3) is 0.393. The molecule has 11 nitrogen and oxygen atoms in total. The molecule has 0 atom stereocenters. The summed E-state index contributed by atoms with van der Waals surface area (Å²) in [5.74, 6) is -0.805. The Labute approximate surface area is 245 Å². The van der Waals surface area contributed by atoms with Crippen molar-refractivity contribution >= 4 is 36.6 Å². The van der Waals surface area contributed by atoms with Crippen LogP contribution in [0.2, 0.25) is 0 Å². The van der Waals surface area contributed by atoms with E-state index in [2.05, 4.69) is 20.6 Å². The minimum absolute atomic E-state index is 0.133. The monoisotopic (exact) mass is 621 g/mol. The lowest BCUT2D eigenvalue weighted by Crippen LogP contribution is -2.18. The predicted octanol–water partition coefficient (Wildman–Crippen LogP) is 5.27. The number of nitrogens with zero attached hydrogens (tertiary/aromatic N) is 3. The Morgan fingerprint density at radius 3 is 2.44 bits per heavy atom. The number of carbonyl (C=O) groups is 1. The highest BCUT2D eigenvalue weighted by molar-refractivity contribution is 7.50. The van der Waals surface area contributed by atoms with Crippen LogP contribution in [0.15, 0.2) is 36.5 Å². The first-order valence-electron chi connectivity index (χ1n) is 13.5. The zero-order valence-corrected chi connectivity index (χ0v) is 24.2. The van der Waals surface area contributed by atoms with E-state index in [-0.39, 0.29) is 46.6 Å². The van der Waals surface area contributed by atoms with Gasteiger partial charge in [0.2, 0.25) is 5.95 Å². The van der Waals surface area contributed by atoms with Gasteiger partial charge in [0.1, 0.15) is 17.1 Å². The van der Waals surface area contributed by atoms with Crippen molar-refractivity contribution in [2.45, 2.75) is 56.6 Å². The molecule has 15 heteroatoms. The molecule has 0 spiro atoms. The number of alkyl halides is 3. The first-order valence-corrected chi connectivity index (χ1v) is 15.3. The van der Waals surface area contributed by atoms with Gasteiger partial charge in [0, 0.05) is 19.8 Å². The number of amides is 1. The van der Waals surface area contributed by atoms with Crippen molar-refractivity contribution in [3.63, 3.8) is 0 Å². The number of rotatable bonds is 8. The van der Waals surface area contributed by atoms with Crippen molar-refractivity contribution in [3.8, 4) is 5.75 Å². The van der Waals surface area contributed by atoms with Crippen LogP contribution in [0.5, 0.6) is 5.75 Å². The van der Waals surface area contributed by atoms with Gasteiger partial charge in [-0.05, 0) is 66.5 Å². The number of aliphatic hydroxyl groups excluding tert-OH is 1. The molecular formula is C28H31F3N5O6P. The van der Waals surface area contributed by atoms with Gasteiger partial charge in [-0.1, -0.05) is 12.1 Å². The first-order chi connectivity index (χ1) is 20.2. The number of hydrogen-bond acceptors (Lipinski definition) is 8. The summed E-state index contributed by atoms with van der Waals surface area (Å²) in [6, 6.07) is 7.70. The van der Waals surface area contributed by atoms with Gasteiger partial charge in [0.15, 0.2) is 0 Å². The summed E-state index contributed by atoms with van der Waals surface area (Å²) < 4.78 is 58.8. The van der Waals surface area contributed by atoms with Gasteiger partial charge in [-0.3, -0.25) is 9.36 Å². The number of hydrogen-bond donors (Lipinski definition) is 5. The Kier molecular flexibility index (Phi) is 8.41. The molecule has 3 aromatic rings. The maximum absolute atomic E-state index is 14.0. The van der Waals surface area contributed by atoms with Crippen molar-refractivity contribution in [2.24, 2.45) is 0 Å². The van der Waals surface area contributed by atoms with Crippen LogP contribution in [0.3, 0.4) is 0 Å². The second-order valence-corrected chi connectivity index (χ2v) is 12.4. The molecule has 1 aliphatic heterocycles. The Balaban J connectivity index is 1.50. The number of carbonyl (C=O) groups excluding carboxylic acids is 1. The summed E-state index contributed by atoms with van der Waals surface area (Å²) in [4.78, 5) is 41.1. The van der Waals surface area contributed by atoms with Gasteiger partial charge < -0.3 is 35.2 Å². The van der Waals surface area contributed by atoms with E-state index < -0.39 is 31.3 Å². The van der Waals surface area contributed by atoms with Crippen molar-refractivity contribution in [2.75, 3.05) is 24.8 Å². The quantitative estimate of drug-likeness (QED) is 0.210. The Bertz CT molecular complexity index is 1590. The van der Waals surface area contributed by atoms with E-state index in [0.29, 0.717) is 31.1 Å². The van der Waals surface area contributed by atoms with Gasteiger partial charge in [-0.2, -0.15) is 18.2 Å². The molecule has 0 unspecified atom stereocenters. The predicted molar refractivity (Wildman–Crippen MR) is 152 cm³/mol. The third kappa shape index (κ3) is 6.77. The van der Waals surface area contributed by atoms with Crippen LogP contribution >= 0.6 is 7.60 Å². The maximum atomic E-state index is 14.0. The van der Waals surface area contributed by atoms with Gasteiger partial charge in [-0.15, -0.1) is 0 Å². The highest BCUT2D eigenvalue weighted by Gasteiger charge is 2.37. The van der Waals surface area contributed by atoms with E-state index in [1.165, 1.54) is 30.2 Å². The molecule has 1 aliphatic carbocycles. The zero-order valence-electron chi connectivity index (χ0n) is 23.4. The average Bonchev–Trinajstić information content (AvgIpc) is 3.23. The Hall–Kier alpha value is -3.71. The molecule has 5 N–H and O–H groups in total. The second-order valence-electron chi connectivity index (χ2n) is 10.8. The second kappa shape index (κ2) is 11.8. The SMILES string of the molecule is COc1cc(CP(=O)(O)O)ccc1Nc1ncc(C(F)(F)F)c(Nc2ccc([C@H]3CC[C@@H](O)CC3)c3c2C(=O)N(C)C3)n1. The molecule has 0 saturated heterocycles. The fourth-order valence-electron chi connectivity index (χ4n) is 5.62. The molecule has 2 aromatic carbocycles. The summed E-state index contributed by atoms with van der Waals surface area (Å²) in [5, 5.41) is 15.5. The number of aromatic nitrogens is 2. The van der Waals surface area contributed by atoms with Crippen LogP contribution in [0.4, 0.5) is 36.3 Å². The number of fused-ring (bicyclic) bond motifs is 1. The highest BCUT2D eigenvalue weighted by atomic mass is 31.2. The van der Waals surface area contributed by atoms with Gasteiger partial charge >= 0.3 is 13.8 Å². The molecule has 1 fully saturated rings. The number of anilines is 4. The largest absolute Gasteiger partial charge is 0.495 e. The van der Waals surface area contributed by atoms with Crippen LogP contribution in [0, 0.1) is 0 Å². The number of nitrogens with one attached hydrogen (secondary N) is 2. The molecule has 1 saturated carbocycles. The smallest absolute Gasteiger partial charge is 0.421 e. The van der Waals surface area contributed by atoms with E-state index in [9.17, 15) is 37.4 Å². The van der Waals surface area contributed by atoms with Crippen LogP contribution in [0.25, 0.3) is 0 Å². The maximum Gasteiger partial charge on any atom is 0.421 e. The standard InChI is InChI=1S/C28H31F3N5O6P/c1-36-13-19-18(16-4-6-17(37)7-5-16)8-10-22(24(19)26(36)38)33-25-20(28(29,30)31)12-32-27(35-25)34-21-9-3-15(11-23(21)42-2)14-43(39,40)41/h3,8-12,16-17,37H,4-7,13-14H2,1-2H3,(H2,39,40,41)(H2,32,33,34,35)/t16-,17+. The summed E-state index contributed by atoms with van der Waals surface area (Å²) in [7, 11) is -1.38. The van der Waals surface area contributed by atoms with Crippen molar-refractivity contribution in [1.82, 2.24) is 14.9 Å². The fourth-order valence-corrected chi connectivity index (χ4v) is 6.29. The Morgan fingerprint density at radius 1 is 1.09 bits per heavy atom. The normalized spacial score (nSPS) is 18.9. The van der Waals surface area contributed by atoms with Gasteiger partial charge in [0.25, 0.3) is 5.91 Å². The summed E-state index contributed by atoms with van der Waals surface area (Å²) in [6.45, 7) is 0.318. The van der Waals surface area contributed by atoms with E-state index >= 15 is 0 Å². The number of benzene rings is 2. The van der Waals surface area contributed by atoms with Crippen LogP contribution in [-0.2, 0) is 23.4 Å². The van der Waals surface area contributed by atoms with E-state index in [4.69, 9.17) is 4.74 Å². The zero-order chi connectivity index (χ0) is 31.1. The van der Waals surface area contributed by atoms with Crippen molar-refractivity contribution in [1.29, 1.82) is 0 Å². The van der Waals surface area contributed by atoms with Crippen molar-refractivity contribution in [3.05, 3.63) is 64.3 Å². The molecule has 5 rings (SSSR count). The molecular weight excluding hydrogens is 590 g/mol. The summed E-state index contributed by atoms with van der Waals surface area (Å²) >= 11 is 0. The Morgan fingerprint density at radius 2 is 1.79 bits per heavy atom. The molecule has 43 heavy (non-hydrogen) atoms. The molecule has 0 radical (unpaired) electrons. The van der Waals surface area contributed by atoms with Crippen LogP contribution in [-0.4, -0.2) is 55.9 Å². The molecule has 2 aliphatic rings. The molecule has 2 heterocycles. The number of ether oxygens (including phenoxy) is 1. The highest BCUT2D eigenvalue weighted by Crippen LogP contribution is 2.43.